The van der Waals surface area contributed by atoms with Crippen LogP contribution in [0.1, 0.15) is 25.1 Å². The Morgan fingerprint density at radius 3 is 2.91 bits per heavy atom. The Bertz CT molecular complexity index is 771. The van der Waals surface area contributed by atoms with Crippen LogP contribution in [0.2, 0.25) is 0 Å². The summed E-state index contributed by atoms with van der Waals surface area (Å²) in [6.07, 6.45) is 7.58. The van der Waals surface area contributed by atoms with Crippen LogP contribution in [-0.4, -0.2) is 32.8 Å². The molecule has 4 heterocycles. The summed E-state index contributed by atoms with van der Waals surface area (Å²) in [6.45, 7) is 5.19. The highest BCUT2D eigenvalue weighted by Crippen LogP contribution is 2.31. The van der Waals surface area contributed by atoms with E-state index < -0.39 is 0 Å². The largest absolute Gasteiger partial charge is 0.356 e. The van der Waals surface area contributed by atoms with Gasteiger partial charge in [-0.25, -0.2) is 9.97 Å². The molecule has 0 radical (unpaired) electrons. The monoisotopic (exact) mass is 327 g/mol. The first-order valence-electron chi connectivity index (χ1n) is 8.24. The van der Waals surface area contributed by atoms with E-state index in [-0.39, 0.29) is 0 Å². The van der Waals surface area contributed by atoms with Crippen molar-refractivity contribution in [2.45, 2.75) is 32.7 Å². The third kappa shape index (κ3) is 3.08. The standard InChI is InChI=1S/C17H21N5S/c1-13-19-16(15-6-12-23-17(15)20-13)21-9-3-14(4-10-21)5-11-22-8-2-7-18-22/h2,6-8,12,14H,3-5,9-11H2,1H3. The van der Waals surface area contributed by atoms with Crippen LogP contribution in [0.15, 0.2) is 29.9 Å². The predicted octanol–water partition coefficient (Wildman–Crippen LogP) is 3.50. The summed E-state index contributed by atoms with van der Waals surface area (Å²) in [4.78, 5) is 12.8. The Labute approximate surface area is 140 Å². The molecule has 5 nitrogen and oxygen atoms in total. The van der Waals surface area contributed by atoms with Crippen molar-refractivity contribution in [3.8, 4) is 0 Å². The van der Waals surface area contributed by atoms with Gasteiger partial charge in [0, 0.05) is 32.0 Å². The van der Waals surface area contributed by atoms with Gasteiger partial charge in [0.05, 0.1) is 5.39 Å². The third-order valence-electron chi connectivity index (χ3n) is 4.66. The summed E-state index contributed by atoms with van der Waals surface area (Å²) in [5.41, 5.74) is 0. The molecule has 23 heavy (non-hydrogen) atoms. The van der Waals surface area contributed by atoms with Gasteiger partial charge >= 0.3 is 0 Å². The second-order valence-corrected chi connectivity index (χ2v) is 7.12. The fourth-order valence-electron chi connectivity index (χ4n) is 3.37. The van der Waals surface area contributed by atoms with Crippen molar-refractivity contribution in [1.82, 2.24) is 19.7 Å². The first-order valence-corrected chi connectivity index (χ1v) is 9.12. The van der Waals surface area contributed by atoms with Crippen molar-refractivity contribution >= 4 is 27.4 Å². The van der Waals surface area contributed by atoms with E-state index in [9.17, 15) is 0 Å². The average Bonchev–Trinajstić information content (AvgIpc) is 3.24. The Morgan fingerprint density at radius 1 is 1.26 bits per heavy atom. The molecule has 6 heteroatoms. The van der Waals surface area contributed by atoms with Crippen LogP contribution in [0.5, 0.6) is 0 Å². The number of rotatable bonds is 4. The van der Waals surface area contributed by atoms with E-state index in [0.717, 1.165) is 42.0 Å². The van der Waals surface area contributed by atoms with E-state index in [1.54, 1.807) is 11.3 Å². The lowest BCUT2D eigenvalue weighted by Crippen LogP contribution is -2.34. The summed E-state index contributed by atoms with van der Waals surface area (Å²) >= 11 is 1.70. The van der Waals surface area contributed by atoms with Crippen LogP contribution in [0, 0.1) is 12.8 Å². The van der Waals surface area contributed by atoms with Crippen molar-refractivity contribution in [1.29, 1.82) is 0 Å². The number of hydrogen-bond donors (Lipinski definition) is 0. The molecular weight excluding hydrogens is 306 g/mol. The summed E-state index contributed by atoms with van der Waals surface area (Å²) in [5, 5.41) is 7.61. The molecule has 1 fully saturated rings. The number of aryl methyl sites for hydroxylation is 2. The molecule has 0 saturated carbocycles. The Hall–Kier alpha value is -1.95. The highest BCUT2D eigenvalue weighted by atomic mass is 32.1. The van der Waals surface area contributed by atoms with E-state index >= 15 is 0 Å². The first-order chi connectivity index (χ1) is 11.3. The van der Waals surface area contributed by atoms with Gasteiger partial charge in [-0.05, 0) is 49.6 Å². The number of fused-ring (bicyclic) bond motifs is 1. The molecule has 1 saturated heterocycles. The van der Waals surface area contributed by atoms with Gasteiger partial charge in [0.15, 0.2) is 0 Å². The number of nitrogens with zero attached hydrogens (tertiary/aromatic N) is 5. The van der Waals surface area contributed by atoms with E-state index in [1.807, 2.05) is 30.1 Å². The molecule has 0 unspecified atom stereocenters. The Kier molecular flexibility index (Phi) is 3.99. The van der Waals surface area contributed by atoms with Crippen molar-refractivity contribution < 1.29 is 0 Å². The van der Waals surface area contributed by atoms with Gasteiger partial charge in [-0.3, -0.25) is 4.68 Å². The highest BCUT2D eigenvalue weighted by Gasteiger charge is 2.22. The number of aromatic nitrogens is 4. The topological polar surface area (TPSA) is 46.8 Å². The maximum Gasteiger partial charge on any atom is 0.141 e. The average molecular weight is 327 g/mol. The molecule has 0 atom stereocenters. The minimum absolute atomic E-state index is 0.788. The van der Waals surface area contributed by atoms with Crippen molar-refractivity contribution in [2.24, 2.45) is 5.92 Å². The van der Waals surface area contributed by atoms with Crippen LogP contribution in [-0.2, 0) is 6.54 Å². The van der Waals surface area contributed by atoms with Gasteiger partial charge in [0.25, 0.3) is 0 Å². The molecule has 0 aliphatic carbocycles. The minimum atomic E-state index is 0.788. The molecule has 0 aromatic carbocycles. The second kappa shape index (κ2) is 6.28. The zero-order valence-electron chi connectivity index (χ0n) is 13.4. The SMILES string of the molecule is Cc1nc(N2CCC(CCn3cccn3)CC2)c2ccsc2n1. The molecule has 0 N–H and O–H groups in total. The summed E-state index contributed by atoms with van der Waals surface area (Å²) < 4.78 is 2.04. The lowest BCUT2D eigenvalue weighted by molar-refractivity contribution is 0.353. The maximum absolute atomic E-state index is 4.72. The number of hydrogen-bond acceptors (Lipinski definition) is 5. The first kappa shape index (κ1) is 14.6. The van der Waals surface area contributed by atoms with Crippen molar-refractivity contribution in [3.05, 3.63) is 35.7 Å². The fraction of sp³-hybridized carbons (Fsp3) is 0.471. The Morgan fingerprint density at radius 2 is 2.13 bits per heavy atom. The van der Waals surface area contributed by atoms with E-state index in [2.05, 4.69) is 26.4 Å². The van der Waals surface area contributed by atoms with Crippen LogP contribution in [0.25, 0.3) is 10.2 Å². The second-order valence-electron chi connectivity index (χ2n) is 6.22. The molecule has 3 aromatic rings. The van der Waals surface area contributed by atoms with Crippen LogP contribution in [0.4, 0.5) is 5.82 Å². The summed E-state index contributed by atoms with van der Waals surface area (Å²) in [6, 6.07) is 4.14. The van der Waals surface area contributed by atoms with E-state index in [1.165, 1.54) is 24.6 Å². The number of thiophene rings is 1. The molecule has 1 aliphatic heterocycles. The van der Waals surface area contributed by atoms with Gasteiger partial charge in [-0.2, -0.15) is 5.10 Å². The lowest BCUT2D eigenvalue weighted by Gasteiger charge is -2.33. The number of anilines is 1. The van der Waals surface area contributed by atoms with Crippen LogP contribution >= 0.6 is 11.3 Å². The van der Waals surface area contributed by atoms with Gasteiger partial charge < -0.3 is 4.90 Å². The van der Waals surface area contributed by atoms with E-state index in [0.29, 0.717) is 0 Å². The normalized spacial score (nSPS) is 16.3. The molecule has 4 rings (SSSR count). The van der Waals surface area contributed by atoms with Crippen molar-refractivity contribution in [2.75, 3.05) is 18.0 Å². The van der Waals surface area contributed by atoms with Gasteiger partial charge in [0.2, 0.25) is 0 Å². The van der Waals surface area contributed by atoms with Crippen LogP contribution in [0.3, 0.4) is 0 Å². The molecule has 1 aliphatic rings. The fourth-order valence-corrected chi connectivity index (χ4v) is 4.17. The van der Waals surface area contributed by atoms with Crippen molar-refractivity contribution in [3.63, 3.8) is 0 Å². The van der Waals surface area contributed by atoms with Gasteiger partial charge in [0.1, 0.15) is 16.5 Å². The summed E-state index contributed by atoms with van der Waals surface area (Å²) in [5.74, 6) is 2.78. The Balaban J connectivity index is 1.41. The lowest BCUT2D eigenvalue weighted by atomic mass is 9.93. The maximum atomic E-state index is 4.72. The molecular formula is C17H21N5S. The molecule has 0 bridgehead atoms. The molecule has 0 spiro atoms. The zero-order chi connectivity index (χ0) is 15.6. The molecule has 3 aromatic heterocycles. The van der Waals surface area contributed by atoms with Gasteiger partial charge in [-0.1, -0.05) is 0 Å². The van der Waals surface area contributed by atoms with Crippen LogP contribution < -0.4 is 4.90 Å². The van der Waals surface area contributed by atoms with Gasteiger partial charge in [-0.15, -0.1) is 11.3 Å². The zero-order valence-corrected chi connectivity index (χ0v) is 14.2. The third-order valence-corrected chi connectivity index (χ3v) is 5.46. The van der Waals surface area contributed by atoms with E-state index in [4.69, 9.17) is 4.98 Å². The summed E-state index contributed by atoms with van der Waals surface area (Å²) in [7, 11) is 0. The minimum Gasteiger partial charge on any atom is -0.356 e. The predicted molar refractivity (Wildman–Crippen MR) is 93.9 cm³/mol. The quantitative estimate of drug-likeness (QED) is 0.736. The molecule has 120 valence electrons. The smallest absolute Gasteiger partial charge is 0.141 e. The molecule has 0 amide bonds. The number of piperidine rings is 1. The highest BCUT2D eigenvalue weighted by molar-refractivity contribution is 7.16.